The summed E-state index contributed by atoms with van der Waals surface area (Å²) in [5.74, 6) is -1.34. The van der Waals surface area contributed by atoms with Gasteiger partial charge in [0, 0.05) is 62.7 Å². The van der Waals surface area contributed by atoms with E-state index in [1.807, 2.05) is 43.0 Å². The molecule has 1 saturated heterocycles. The third-order valence-electron chi connectivity index (χ3n) is 7.32. The molecule has 41 heavy (non-hydrogen) atoms. The van der Waals surface area contributed by atoms with Crippen molar-refractivity contribution in [3.63, 3.8) is 0 Å². The number of benzene rings is 2. The summed E-state index contributed by atoms with van der Waals surface area (Å²) in [7, 11) is 5.68. The number of para-hydroxylation sites is 1. The maximum Gasteiger partial charge on any atom is 0.272 e. The molecule has 0 aliphatic carbocycles. The molecule has 1 fully saturated rings. The third-order valence-corrected chi connectivity index (χ3v) is 7.32. The van der Waals surface area contributed by atoms with Crippen LogP contribution in [0.5, 0.6) is 0 Å². The molecule has 0 spiro atoms. The molecule has 2 aromatic carbocycles. The van der Waals surface area contributed by atoms with Crippen molar-refractivity contribution >= 4 is 16.9 Å². The van der Waals surface area contributed by atoms with Gasteiger partial charge in [0.15, 0.2) is 0 Å². The van der Waals surface area contributed by atoms with E-state index in [9.17, 15) is 4.79 Å². The Morgan fingerprint density at radius 1 is 0.976 bits per heavy atom. The van der Waals surface area contributed by atoms with Crippen molar-refractivity contribution < 1.29 is 18.3 Å². The summed E-state index contributed by atoms with van der Waals surface area (Å²) in [5.41, 5.74) is 4.47. The molecule has 0 atom stereocenters. The van der Waals surface area contributed by atoms with Crippen LogP contribution >= 0.6 is 0 Å². The van der Waals surface area contributed by atoms with Crippen LogP contribution in [0.25, 0.3) is 33.4 Å². The number of hydrogen-bond donors (Lipinski definition) is 0. The van der Waals surface area contributed by atoms with Crippen molar-refractivity contribution in [2.45, 2.75) is 13.5 Å². The van der Waals surface area contributed by atoms with E-state index in [1.54, 1.807) is 36.5 Å². The minimum absolute atomic E-state index is 0.0474. The highest BCUT2D eigenvalue weighted by atomic mass is 19.1. The van der Waals surface area contributed by atoms with Crippen LogP contribution in [0, 0.1) is 18.6 Å². The molecule has 3 heterocycles. The van der Waals surface area contributed by atoms with Crippen LogP contribution in [0.2, 0.25) is 0 Å². The van der Waals surface area contributed by atoms with Gasteiger partial charge in [-0.2, -0.15) is 0 Å². The van der Waals surface area contributed by atoms with Crippen LogP contribution in [0.3, 0.4) is 0 Å². The SMILES string of the molecule is Cc1cc(-c2cnc3cccc(-c4cc(F)c(CN5CCOCC5)c(F)c4)c3n2)cnc1C(=O)N(C)CCN(C)C. The lowest BCUT2D eigenvalue weighted by atomic mass is 10.0. The molecule has 5 rings (SSSR count). The zero-order valence-corrected chi connectivity index (χ0v) is 23.8. The van der Waals surface area contributed by atoms with Gasteiger partial charge >= 0.3 is 0 Å². The van der Waals surface area contributed by atoms with Gasteiger partial charge in [-0.05, 0) is 56.4 Å². The highest BCUT2D eigenvalue weighted by Crippen LogP contribution is 2.31. The number of rotatable bonds is 8. The molecule has 214 valence electrons. The monoisotopic (exact) mass is 560 g/mol. The van der Waals surface area contributed by atoms with Gasteiger partial charge in [0.05, 0.1) is 36.1 Å². The lowest BCUT2D eigenvalue weighted by Crippen LogP contribution is -2.36. The number of hydrogen-bond acceptors (Lipinski definition) is 7. The predicted molar refractivity (Wildman–Crippen MR) is 154 cm³/mol. The Kier molecular flexibility index (Phi) is 8.63. The fourth-order valence-electron chi connectivity index (χ4n) is 4.87. The smallest absolute Gasteiger partial charge is 0.272 e. The van der Waals surface area contributed by atoms with Crippen LogP contribution in [0.4, 0.5) is 8.78 Å². The zero-order chi connectivity index (χ0) is 29.1. The van der Waals surface area contributed by atoms with Crippen LogP contribution < -0.4 is 0 Å². The molecule has 0 N–H and O–H groups in total. The molecule has 0 bridgehead atoms. The first-order chi connectivity index (χ1) is 19.7. The second kappa shape index (κ2) is 12.3. The lowest BCUT2D eigenvalue weighted by Gasteiger charge is -2.27. The van der Waals surface area contributed by atoms with Gasteiger partial charge < -0.3 is 14.5 Å². The second-order valence-corrected chi connectivity index (χ2v) is 10.7. The van der Waals surface area contributed by atoms with Crippen LogP contribution in [0.15, 0.2) is 48.8 Å². The van der Waals surface area contributed by atoms with Gasteiger partial charge in [-0.25, -0.2) is 13.8 Å². The molecule has 1 aliphatic heterocycles. The number of aryl methyl sites for hydroxylation is 1. The molecule has 0 unspecified atom stereocenters. The summed E-state index contributed by atoms with van der Waals surface area (Å²) < 4.78 is 35.8. The summed E-state index contributed by atoms with van der Waals surface area (Å²) >= 11 is 0. The normalized spacial score (nSPS) is 14.1. The number of likely N-dealkylation sites (N-methyl/N-ethyl adjacent to an activating group) is 2. The molecule has 1 aliphatic rings. The Bertz CT molecular complexity index is 1550. The average molecular weight is 561 g/mol. The molecule has 10 heteroatoms. The van der Waals surface area contributed by atoms with Crippen molar-refractivity contribution in [3.05, 3.63) is 77.2 Å². The molecule has 0 radical (unpaired) electrons. The van der Waals surface area contributed by atoms with E-state index in [0.29, 0.717) is 72.0 Å². The minimum atomic E-state index is -0.594. The number of nitrogens with zero attached hydrogens (tertiary/aromatic N) is 6. The van der Waals surface area contributed by atoms with Crippen LogP contribution in [0.1, 0.15) is 21.6 Å². The summed E-state index contributed by atoms with van der Waals surface area (Å²) in [6, 6.07) is 9.97. The maximum absolute atomic E-state index is 15.2. The summed E-state index contributed by atoms with van der Waals surface area (Å²) in [6.45, 7) is 5.75. The van der Waals surface area contributed by atoms with Crippen molar-refractivity contribution in [2.75, 3.05) is 60.5 Å². The molecular formula is C31H34F2N6O2. The highest BCUT2D eigenvalue weighted by molar-refractivity contribution is 5.94. The topological polar surface area (TPSA) is 74.7 Å². The number of halogens is 2. The molecular weight excluding hydrogens is 526 g/mol. The number of carbonyl (C=O) groups excluding carboxylic acids is 1. The first-order valence-electron chi connectivity index (χ1n) is 13.6. The predicted octanol–water partition coefficient (Wildman–Crippen LogP) is 4.41. The van der Waals surface area contributed by atoms with Gasteiger partial charge in [-0.1, -0.05) is 12.1 Å². The van der Waals surface area contributed by atoms with E-state index in [1.165, 1.54) is 12.1 Å². The number of morpholine rings is 1. The van der Waals surface area contributed by atoms with E-state index >= 15 is 8.78 Å². The van der Waals surface area contributed by atoms with Crippen molar-refractivity contribution in [1.82, 2.24) is 29.7 Å². The first-order valence-corrected chi connectivity index (χ1v) is 13.6. The van der Waals surface area contributed by atoms with E-state index in [-0.39, 0.29) is 18.0 Å². The largest absolute Gasteiger partial charge is 0.379 e. The van der Waals surface area contributed by atoms with Gasteiger partial charge in [0.2, 0.25) is 0 Å². The second-order valence-electron chi connectivity index (χ2n) is 10.7. The number of pyridine rings is 1. The highest BCUT2D eigenvalue weighted by Gasteiger charge is 2.20. The summed E-state index contributed by atoms with van der Waals surface area (Å²) in [4.78, 5) is 32.4. The third kappa shape index (κ3) is 6.40. The standard InChI is InChI=1S/C31H34F2N6O2/c1-20-14-22(17-35-29(20)31(40)38(4)9-8-37(2)3)28-18-34-27-7-5-6-23(30(27)36-28)21-15-25(32)24(26(33)16-21)19-39-10-12-41-13-11-39/h5-7,14-18H,8-13,19H2,1-4H3. The molecule has 2 aromatic heterocycles. The molecule has 8 nitrogen and oxygen atoms in total. The van der Waals surface area contributed by atoms with E-state index < -0.39 is 11.6 Å². The van der Waals surface area contributed by atoms with Gasteiger partial charge in [-0.3, -0.25) is 19.7 Å². The Hall–Kier alpha value is -3.86. The van der Waals surface area contributed by atoms with Crippen LogP contribution in [-0.4, -0.2) is 96.1 Å². The van der Waals surface area contributed by atoms with Gasteiger partial charge in [0.25, 0.3) is 5.91 Å². The number of amides is 1. The van der Waals surface area contributed by atoms with Gasteiger partial charge in [0.1, 0.15) is 17.3 Å². The molecule has 4 aromatic rings. The van der Waals surface area contributed by atoms with Crippen molar-refractivity contribution in [1.29, 1.82) is 0 Å². The molecule has 1 amide bonds. The van der Waals surface area contributed by atoms with Gasteiger partial charge in [-0.15, -0.1) is 0 Å². The first kappa shape index (κ1) is 28.7. The number of fused-ring (bicyclic) bond motifs is 1. The van der Waals surface area contributed by atoms with Crippen molar-refractivity contribution in [2.24, 2.45) is 0 Å². The minimum Gasteiger partial charge on any atom is -0.379 e. The maximum atomic E-state index is 15.2. The Morgan fingerprint density at radius 3 is 2.39 bits per heavy atom. The Balaban J connectivity index is 1.45. The average Bonchev–Trinajstić information content (AvgIpc) is 2.97. The summed E-state index contributed by atoms with van der Waals surface area (Å²) in [6.07, 6.45) is 3.25. The Morgan fingerprint density at radius 2 is 1.71 bits per heavy atom. The lowest BCUT2D eigenvalue weighted by molar-refractivity contribution is 0.0332. The van der Waals surface area contributed by atoms with E-state index in [0.717, 1.165) is 12.1 Å². The molecule has 0 saturated carbocycles. The fraction of sp³-hybridized carbons (Fsp3) is 0.355. The van der Waals surface area contributed by atoms with Crippen LogP contribution in [-0.2, 0) is 11.3 Å². The van der Waals surface area contributed by atoms with Crippen molar-refractivity contribution in [3.8, 4) is 22.4 Å². The number of carbonyl (C=O) groups is 1. The number of ether oxygens (including phenoxy) is 1. The van der Waals surface area contributed by atoms with E-state index in [2.05, 4.69) is 9.97 Å². The zero-order valence-electron chi connectivity index (χ0n) is 23.8. The fourth-order valence-corrected chi connectivity index (χ4v) is 4.87. The summed E-state index contributed by atoms with van der Waals surface area (Å²) in [5, 5.41) is 0. The quantitative estimate of drug-likeness (QED) is 0.316. The Labute approximate surface area is 238 Å². The van der Waals surface area contributed by atoms with E-state index in [4.69, 9.17) is 9.72 Å². The number of aromatic nitrogens is 3.